The minimum Gasteiger partial charge on any atom is -0.490 e. The van der Waals surface area contributed by atoms with Gasteiger partial charge in [0.2, 0.25) is 0 Å². The molecule has 1 aromatic rings. The van der Waals surface area contributed by atoms with Crippen molar-refractivity contribution in [3.63, 3.8) is 0 Å². The van der Waals surface area contributed by atoms with Gasteiger partial charge in [0, 0.05) is 0 Å². The second-order valence-corrected chi connectivity index (χ2v) is 4.79. The Morgan fingerprint density at radius 2 is 1.72 bits per heavy atom. The van der Waals surface area contributed by atoms with Gasteiger partial charge in [0.05, 0.1) is 25.4 Å². The predicted octanol–water partition coefficient (Wildman–Crippen LogP) is 2.30. The number of nitrogens with one attached hydrogen (secondary N) is 1. The van der Waals surface area contributed by atoms with E-state index in [9.17, 15) is 14.4 Å². The van der Waals surface area contributed by atoms with E-state index in [0.717, 1.165) is 6.42 Å². The normalized spacial score (nSPS) is 9.88. The molecule has 0 radical (unpaired) electrons. The predicted molar refractivity (Wildman–Crippen MR) is 88.8 cm³/mol. The van der Waals surface area contributed by atoms with Crippen molar-refractivity contribution in [2.75, 3.05) is 26.4 Å². The highest BCUT2D eigenvalue weighted by Gasteiger charge is 2.15. The van der Waals surface area contributed by atoms with Crippen LogP contribution in [0, 0.1) is 0 Å². The van der Waals surface area contributed by atoms with Crippen LogP contribution in [0.3, 0.4) is 0 Å². The summed E-state index contributed by atoms with van der Waals surface area (Å²) >= 11 is 0. The maximum Gasteiger partial charge on any atom is 0.413 e. The summed E-state index contributed by atoms with van der Waals surface area (Å²) in [4.78, 5) is 34.6. The van der Waals surface area contributed by atoms with Gasteiger partial charge in [0.15, 0.2) is 18.1 Å². The minimum absolute atomic E-state index is 0.131. The van der Waals surface area contributed by atoms with E-state index >= 15 is 0 Å². The third-order valence-corrected chi connectivity index (χ3v) is 2.79. The average Bonchev–Trinajstić information content (AvgIpc) is 2.59. The van der Waals surface area contributed by atoms with Gasteiger partial charge < -0.3 is 18.9 Å². The van der Waals surface area contributed by atoms with Gasteiger partial charge in [0.1, 0.15) is 0 Å². The maximum atomic E-state index is 12.0. The number of imide groups is 1. The Kier molecular flexibility index (Phi) is 8.84. The number of alkyl carbamates (subject to hydrolysis) is 1. The van der Waals surface area contributed by atoms with E-state index in [1.807, 2.05) is 19.2 Å². The van der Waals surface area contributed by atoms with Crippen LogP contribution in [-0.4, -0.2) is 44.4 Å². The summed E-state index contributed by atoms with van der Waals surface area (Å²) < 4.78 is 20.4. The molecule has 8 nitrogen and oxygen atoms in total. The number of benzene rings is 1. The van der Waals surface area contributed by atoms with Gasteiger partial charge in [0.25, 0.3) is 5.91 Å². The number of rotatable bonds is 9. The number of hydrogen-bond donors (Lipinski definition) is 1. The van der Waals surface area contributed by atoms with Gasteiger partial charge in [-0.3, -0.25) is 10.1 Å². The minimum atomic E-state index is -0.889. The third kappa shape index (κ3) is 7.11. The standard InChI is InChI=1S/C17H23NO7/c1-4-9-24-13-8-7-12(10-14(13)22-5-2)16(20)25-11-15(19)18-17(21)23-6-3/h7-8,10H,4-6,9,11H2,1-3H3,(H,18,19,21). The number of amides is 2. The second-order valence-electron chi connectivity index (χ2n) is 4.79. The molecule has 0 aromatic heterocycles. The first-order valence-electron chi connectivity index (χ1n) is 8.05. The van der Waals surface area contributed by atoms with Crippen LogP contribution in [-0.2, 0) is 14.3 Å². The molecule has 0 saturated heterocycles. The van der Waals surface area contributed by atoms with Crippen molar-refractivity contribution in [2.24, 2.45) is 0 Å². The average molecular weight is 353 g/mol. The van der Waals surface area contributed by atoms with Crippen LogP contribution >= 0.6 is 0 Å². The van der Waals surface area contributed by atoms with Crippen molar-refractivity contribution in [1.82, 2.24) is 5.32 Å². The molecule has 0 saturated carbocycles. The molecule has 8 heteroatoms. The van der Waals surface area contributed by atoms with E-state index in [2.05, 4.69) is 4.74 Å². The monoisotopic (exact) mass is 353 g/mol. The number of esters is 1. The summed E-state index contributed by atoms with van der Waals surface area (Å²) in [6.07, 6.45) is -0.0510. The maximum absolute atomic E-state index is 12.0. The largest absolute Gasteiger partial charge is 0.490 e. The summed E-state index contributed by atoms with van der Waals surface area (Å²) in [5.74, 6) is -0.552. The molecule has 0 heterocycles. The molecule has 1 aromatic carbocycles. The Labute approximate surface area is 146 Å². The molecule has 0 aliphatic carbocycles. The molecule has 0 spiro atoms. The first kappa shape index (κ1) is 20.3. The molecular formula is C17H23NO7. The Morgan fingerprint density at radius 3 is 2.36 bits per heavy atom. The molecule has 0 aliphatic rings. The summed E-state index contributed by atoms with van der Waals surface area (Å²) in [5.41, 5.74) is 0.205. The highest BCUT2D eigenvalue weighted by atomic mass is 16.6. The highest BCUT2D eigenvalue weighted by molar-refractivity contribution is 5.95. The van der Waals surface area contributed by atoms with Crippen molar-refractivity contribution in [3.8, 4) is 11.5 Å². The van der Waals surface area contributed by atoms with Crippen LogP contribution in [0.4, 0.5) is 4.79 Å². The fraction of sp³-hybridized carbons (Fsp3) is 0.471. The first-order valence-corrected chi connectivity index (χ1v) is 8.05. The SMILES string of the molecule is CCCOc1ccc(C(=O)OCC(=O)NC(=O)OCC)cc1OCC. The van der Waals surface area contributed by atoms with Crippen LogP contribution in [0.25, 0.3) is 0 Å². The third-order valence-electron chi connectivity index (χ3n) is 2.79. The van der Waals surface area contributed by atoms with Crippen molar-refractivity contribution in [2.45, 2.75) is 27.2 Å². The lowest BCUT2D eigenvalue weighted by Gasteiger charge is -2.12. The fourth-order valence-electron chi connectivity index (χ4n) is 1.77. The van der Waals surface area contributed by atoms with Crippen LogP contribution in [0.1, 0.15) is 37.6 Å². The molecule has 0 bridgehead atoms. The number of carbonyl (C=O) groups excluding carboxylic acids is 3. The zero-order chi connectivity index (χ0) is 18.7. The number of ether oxygens (including phenoxy) is 4. The highest BCUT2D eigenvalue weighted by Crippen LogP contribution is 2.29. The molecule has 1 rings (SSSR count). The fourth-order valence-corrected chi connectivity index (χ4v) is 1.77. The Morgan fingerprint density at radius 1 is 0.960 bits per heavy atom. The molecule has 0 atom stereocenters. The van der Waals surface area contributed by atoms with E-state index < -0.39 is 24.6 Å². The lowest BCUT2D eigenvalue weighted by molar-refractivity contribution is -0.123. The van der Waals surface area contributed by atoms with Gasteiger partial charge >= 0.3 is 12.1 Å². The van der Waals surface area contributed by atoms with Gasteiger partial charge in [-0.15, -0.1) is 0 Å². The molecule has 1 N–H and O–H groups in total. The summed E-state index contributed by atoms with van der Waals surface area (Å²) in [5, 5.41) is 1.93. The van der Waals surface area contributed by atoms with Gasteiger partial charge in [-0.05, 0) is 38.5 Å². The number of carbonyl (C=O) groups is 3. The Hall–Kier alpha value is -2.77. The zero-order valence-electron chi connectivity index (χ0n) is 14.6. The summed E-state index contributed by atoms with van der Waals surface area (Å²) in [6.45, 7) is 5.86. The smallest absolute Gasteiger partial charge is 0.413 e. The Bertz CT molecular complexity index is 601. The van der Waals surface area contributed by atoms with E-state index in [1.165, 1.54) is 12.1 Å². The molecule has 0 aliphatic heterocycles. The second kappa shape index (κ2) is 10.9. The van der Waals surface area contributed by atoms with Crippen LogP contribution in [0.15, 0.2) is 18.2 Å². The molecule has 25 heavy (non-hydrogen) atoms. The van der Waals surface area contributed by atoms with Crippen LogP contribution in [0.5, 0.6) is 11.5 Å². The van der Waals surface area contributed by atoms with Gasteiger partial charge in [-0.1, -0.05) is 6.92 Å². The molecule has 0 unspecified atom stereocenters. The van der Waals surface area contributed by atoms with Crippen molar-refractivity contribution >= 4 is 18.0 Å². The van der Waals surface area contributed by atoms with Gasteiger partial charge in [-0.25, -0.2) is 9.59 Å². The quantitative estimate of drug-likeness (QED) is 0.680. The molecule has 138 valence electrons. The van der Waals surface area contributed by atoms with Crippen molar-refractivity contribution < 1.29 is 33.3 Å². The first-order chi connectivity index (χ1) is 12.0. The summed E-state index contributed by atoms with van der Waals surface area (Å²) in [7, 11) is 0. The Balaban J connectivity index is 2.66. The lowest BCUT2D eigenvalue weighted by atomic mass is 10.2. The van der Waals surface area contributed by atoms with E-state index in [-0.39, 0.29) is 12.2 Å². The van der Waals surface area contributed by atoms with E-state index in [4.69, 9.17) is 14.2 Å². The summed E-state index contributed by atoms with van der Waals surface area (Å²) in [6, 6.07) is 4.61. The molecular weight excluding hydrogens is 330 g/mol. The number of hydrogen-bond acceptors (Lipinski definition) is 7. The van der Waals surface area contributed by atoms with Crippen molar-refractivity contribution in [3.05, 3.63) is 23.8 Å². The zero-order valence-corrected chi connectivity index (χ0v) is 14.6. The van der Waals surface area contributed by atoms with Crippen molar-refractivity contribution in [1.29, 1.82) is 0 Å². The van der Waals surface area contributed by atoms with E-state index in [1.54, 1.807) is 13.0 Å². The molecule has 0 fully saturated rings. The van der Waals surface area contributed by atoms with Crippen LogP contribution < -0.4 is 14.8 Å². The topological polar surface area (TPSA) is 100 Å². The lowest BCUT2D eigenvalue weighted by Crippen LogP contribution is -2.34. The van der Waals surface area contributed by atoms with E-state index in [0.29, 0.717) is 24.7 Å². The van der Waals surface area contributed by atoms with Crippen LogP contribution in [0.2, 0.25) is 0 Å². The molecule has 2 amide bonds. The van der Waals surface area contributed by atoms with Gasteiger partial charge in [-0.2, -0.15) is 0 Å².